The van der Waals surface area contributed by atoms with Crippen LogP contribution in [0.5, 0.6) is 0 Å². The number of aromatic nitrogens is 8. The summed E-state index contributed by atoms with van der Waals surface area (Å²) in [5.74, 6) is 1.36. The molecule has 0 amide bonds. The molecular formula is C104H96N8O4+4. The van der Waals surface area contributed by atoms with Crippen molar-refractivity contribution < 1.29 is 35.9 Å². The van der Waals surface area contributed by atoms with Crippen LogP contribution in [-0.4, -0.2) is 19.9 Å². The monoisotopic (exact) mass is 1520 g/mol. The highest BCUT2D eigenvalue weighted by atomic mass is 16.4. The van der Waals surface area contributed by atoms with Crippen molar-refractivity contribution in [3.63, 3.8) is 0 Å². The van der Waals surface area contributed by atoms with Crippen LogP contribution >= 0.6 is 0 Å². The Morgan fingerprint density at radius 1 is 0.302 bits per heavy atom. The molecule has 2 aliphatic rings. The number of pyridine rings is 8. The number of rotatable bonds is 6. The first-order valence-corrected chi connectivity index (χ1v) is 41.2. The minimum Gasteiger partial charge on any atom is -0.437 e. The first-order valence-electron chi connectivity index (χ1n) is 41.2. The molecule has 20 aromatic rings. The van der Waals surface area contributed by atoms with Crippen molar-refractivity contribution in [2.24, 2.45) is 28.2 Å². The number of aryl methyl sites for hydroxylation is 9. The van der Waals surface area contributed by atoms with E-state index in [9.17, 15) is 0 Å². The summed E-state index contributed by atoms with van der Waals surface area (Å²) in [7, 11) is 8.43. The van der Waals surface area contributed by atoms with Gasteiger partial charge in [0.15, 0.2) is 47.1 Å². The highest BCUT2D eigenvalue weighted by molar-refractivity contribution is 6.15. The molecule has 2 aliphatic carbocycles. The van der Waals surface area contributed by atoms with Crippen molar-refractivity contribution in [3.05, 3.63) is 288 Å². The van der Waals surface area contributed by atoms with E-state index in [0.717, 1.165) is 132 Å². The van der Waals surface area contributed by atoms with Gasteiger partial charge in [-0.1, -0.05) is 174 Å². The fraction of sp³-hybridized carbons (Fsp3) is 0.231. The molecule has 0 atom stereocenters. The van der Waals surface area contributed by atoms with Gasteiger partial charge < -0.3 is 17.7 Å². The Labute approximate surface area is 675 Å². The molecule has 2 saturated carbocycles. The van der Waals surface area contributed by atoms with E-state index in [1.165, 1.54) is 125 Å². The largest absolute Gasteiger partial charge is 0.437 e. The summed E-state index contributed by atoms with van der Waals surface area (Å²) in [5.41, 5.74) is 30.1. The van der Waals surface area contributed by atoms with Crippen LogP contribution in [0.2, 0.25) is 0 Å². The van der Waals surface area contributed by atoms with Crippen LogP contribution in [-0.2, 0) is 33.6 Å². The first kappa shape index (κ1) is 73.4. The van der Waals surface area contributed by atoms with Gasteiger partial charge in [-0.2, -0.15) is 0 Å². The van der Waals surface area contributed by atoms with Crippen molar-refractivity contribution in [2.75, 3.05) is 0 Å². The molecule has 2 fully saturated rings. The zero-order valence-electron chi connectivity index (χ0n) is 68.3. The van der Waals surface area contributed by atoms with Crippen LogP contribution in [0, 0.1) is 34.6 Å². The molecule has 0 aliphatic heterocycles. The fourth-order valence-electron chi connectivity index (χ4n) is 18.3. The molecule has 0 N–H and O–H groups in total. The summed E-state index contributed by atoms with van der Waals surface area (Å²) in [5, 5.41) is 13.3. The minimum atomic E-state index is 0.0813. The number of nitrogens with zero attached hydrogens (tertiary/aromatic N) is 8. The fourth-order valence-corrected chi connectivity index (χ4v) is 18.3. The van der Waals surface area contributed by atoms with E-state index >= 15 is 0 Å². The van der Waals surface area contributed by atoms with Crippen LogP contribution in [0.3, 0.4) is 0 Å². The van der Waals surface area contributed by atoms with Gasteiger partial charge in [-0.15, -0.1) is 0 Å². The van der Waals surface area contributed by atoms with E-state index in [0.29, 0.717) is 34.7 Å². The molecule has 8 aromatic carbocycles. The van der Waals surface area contributed by atoms with Gasteiger partial charge in [0.2, 0.25) is 45.6 Å². The van der Waals surface area contributed by atoms with Crippen molar-refractivity contribution in [3.8, 4) is 45.0 Å². The second-order valence-electron chi connectivity index (χ2n) is 33.7. The molecule has 12 heterocycles. The van der Waals surface area contributed by atoms with Gasteiger partial charge in [0.05, 0.1) is 44.3 Å². The van der Waals surface area contributed by atoms with Crippen LogP contribution in [0.4, 0.5) is 0 Å². The lowest BCUT2D eigenvalue weighted by Crippen LogP contribution is -2.32. The Morgan fingerprint density at radius 3 is 0.948 bits per heavy atom. The van der Waals surface area contributed by atoms with Crippen molar-refractivity contribution in [1.29, 1.82) is 0 Å². The van der Waals surface area contributed by atoms with E-state index in [1.54, 1.807) is 0 Å². The number of para-hydroxylation sites is 4. The number of benzene rings is 8. The predicted molar refractivity (Wildman–Crippen MR) is 472 cm³/mol. The van der Waals surface area contributed by atoms with E-state index in [4.69, 9.17) is 37.6 Å². The van der Waals surface area contributed by atoms with E-state index in [2.05, 4.69) is 284 Å². The van der Waals surface area contributed by atoms with Gasteiger partial charge in [0, 0.05) is 113 Å². The topological polar surface area (TPSA) is 120 Å². The molecule has 116 heavy (non-hydrogen) atoms. The highest BCUT2D eigenvalue weighted by Crippen LogP contribution is 2.45. The number of fused-ring (bicyclic) bond motifs is 16. The summed E-state index contributed by atoms with van der Waals surface area (Å²) >= 11 is 0. The zero-order chi connectivity index (χ0) is 79.4. The van der Waals surface area contributed by atoms with Gasteiger partial charge in [-0.25, -0.2) is 38.2 Å². The molecule has 22 rings (SSSR count). The van der Waals surface area contributed by atoms with Crippen LogP contribution in [0.1, 0.15) is 135 Å². The van der Waals surface area contributed by atoms with Gasteiger partial charge in [-0.05, 0) is 171 Å². The summed E-state index contributed by atoms with van der Waals surface area (Å²) in [6.07, 6.45) is 20.7. The maximum absolute atomic E-state index is 6.44. The molecule has 0 bridgehead atoms. The molecule has 572 valence electrons. The summed E-state index contributed by atoms with van der Waals surface area (Å²) < 4.78 is 34.3. The molecule has 0 radical (unpaired) electrons. The second kappa shape index (κ2) is 29.6. The van der Waals surface area contributed by atoms with Gasteiger partial charge in [0.1, 0.15) is 28.2 Å². The number of furan rings is 4. The Morgan fingerprint density at radius 2 is 0.612 bits per heavy atom. The molecule has 0 saturated heterocycles. The van der Waals surface area contributed by atoms with Crippen LogP contribution < -0.4 is 18.3 Å². The number of hydrogen-bond donors (Lipinski definition) is 0. The second-order valence-corrected chi connectivity index (χ2v) is 33.7. The van der Waals surface area contributed by atoms with Crippen molar-refractivity contribution in [1.82, 2.24) is 19.9 Å². The maximum Gasteiger partial charge on any atom is 0.227 e. The normalized spacial score (nSPS) is 13.7. The number of hydrogen-bond acceptors (Lipinski definition) is 8. The van der Waals surface area contributed by atoms with Gasteiger partial charge in [-0.3, -0.25) is 0 Å². The molecule has 0 spiro atoms. The Bertz CT molecular complexity index is 7320. The molecule has 0 unspecified atom stereocenters. The summed E-state index contributed by atoms with van der Waals surface area (Å²) in [6.45, 7) is 17.5. The highest BCUT2D eigenvalue weighted by Gasteiger charge is 2.30. The first-order chi connectivity index (χ1) is 56.3. The average molecular weight is 1520 g/mol. The quantitative estimate of drug-likeness (QED) is 0.151. The SMILES string of the molecule is Cc1ccc(-c2c(C)ccc3c2oc2nc4ccccc4cc23)[n+](C)c1.Cc1ccc2c(oc3nc4ccccc4cc32)c1-c1cc(C(C)(C)C)cc[n+]1C.Cc1ccc2c(oc3nc4ccccc4cc32)c1-c1cc(C2CCCC2)cc[n+]1C.Cc1ccc2c(oc3nc4ccccc4cc32)c1-c1cc(C2CCCCC2)cc[n+]1C. The third-order valence-corrected chi connectivity index (χ3v) is 24.7. The molecule has 12 nitrogen and oxygen atoms in total. The Hall–Kier alpha value is -12.8. The van der Waals surface area contributed by atoms with E-state index < -0.39 is 0 Å². The summed E-state index contributed by atoms with van der Waals surface area (Å²) in [6, 6.07) is 77.2. The van der Waals surface area contributed by atoms with E-state index in [-0.39, 0.29) is 5.41 Å². The van der Waals surface area contributed by atoms with Gasteiger partial charge >= 0.3 is 0 Å². The van der Waals surface area contributed by atoms with Gasteiger partial charge in [0.25, 0.3) is 0 Å². The summed E-state index contributed by atoms with van der Waals surface area (Å²) in [4.78, 5) is 19.2. The lowest BCUT2D eigenvalue weighted by Gasteiger charge is -2.21. The maximum atomic E-state index is 6.44. The standard InChI is InChI=1S/C28H27N2O.C27H25N2O.C26H25N2O.C23H19N2O/c1-18-12-13-22-23-16-21-10-6-7-11-24(21)29-28(23)31-27(22)26(18)25-17-20(14-15-30(25)2)19-8-4-3-5-9-19;1-17-11-12-21-22-15-20-9-5-6-10-23(20)28-27(22)30-26(21)25(17)24-16-19(13-14-29(24)2)18-7-3-4-8-18;1-16-10-11-19-20-14-17-8-6-7-9-21(17)27-25(20)29-24(19)23(16)22-15-18(26(2,3)4)12-13-28(22)5;1-14-8-11-20(25(3)13-14)21-15(2)9-10-17-18-12-16-6-4-5-7-19(16)24-23(18)26-22(17)21/h6-7,10-17,19H,3-5,8-9H2,1-2H3;5-6,9-16,18H,3-4,7-8H2,1-2H3;6-15H,1-5H3;4-13H,1-3H3/q4*+1. The minimum absolute atomic E-state index is 0.0813. The lowest BCUT2D eigenvalue weighted by atomic mass is 9.84. The smallest absolute Gasteiger partial charge is 0.227 e. The van der Waals surface area contributed by atoms with Crippen molar-refractivity contribution >= 4 is 132 Å². The third-order valence-electron chi connectivity index (χ3n) is 24.7. The van der Waals surface area contributed by atoms with Crippen molar-refractivity contribution in [2.45, 2.75) is 130 Å². The lowest BCUT2D eigenvalue weighted by molar-refractivity contribution is -0.660. The Balaban J connectivity index is 0.000000103. The zero-order valence-corrected chi connectivity index (χ0v) is 68.3. The van der Waals surface area contributed by atoms with E-state index in [1.807, 2.05) is 60.7 Å². The molecule has 12 aromatic heterocycles. The molecule has 12 heteroatoms. The third kappa shape index (κ3) is 13.3. The average Bonchev–Trinajstić information content (AvgIpc) is 1.61. The van der Waals surface area contributed by atoms with Crippen LogP contribution in [0.15, 0.2) is 261 Å². The predicted octanol–water partition coefficient (Wildman–Crippen LogP) is 25.0. The van der Waals surface area contributed by atoms with Crippen LogP contribution in [0.25, 0.3) is 177 Å². The molecular weight excluding hydrogens is 1430 g/mol. The Kier molecular flexibility index (Phi) is 18.7.